The second kappa shape index (κ2) is 21.5. The summed E-state index contributed by atoms with van der Waals surface area (Å²) in [7, 11) is 0. The van der Waals surface area contributed by atoms with E-state index in [-0.39, 0.29) is 84.5 Å². The highest BCUT2D eigenvalue weighted by Crippen LogP contribution is 2.22. The number of ether oxygens (including phenoxy) is 7. The molecule has 1 rings (SSSR count). The van der Waals surface area contributed by atoms with Gasteiger partial charge < -0.3 is 38.0 Å². The van der Waals surface area contributed by atoms with Crippen LogP contribution in [0.15, 0.2) is 50.3 Å². The predicted octanol–water partition coefficient (Wildman–Crippen LogP) is 1.52. The van der Waals surface area contributed by atoms with Crippen molar-refractivity contribution in [1.29, 1.82) is 0 Å². The number of nitrogens with zero attached hydrogens (tertiary/aromatic N) is 1. The van der Waals surface area contributed by atoms with Gasteiger partial charge in [0.1, 0.15) is 18.5 Å². The van der Waals surface area contributed by atoms with E-state index in [0.29, 0.717) is 11.5 Å². The van der Waals surface area contributed by atoms with Crippen LogP contribution in [0.1, 0.15) is 32.6 Å². The molecule has 15 nitrogen and oxygen atoms in total. The number of carbonyl (C=O) groups is 6. The van der Waals surface area contributed by atoms with Crippen molar-refractivity contribution in [3.8, 4) is 0 Å². The third-order valence-corrected chi connectivity index (χ3v) is 5.64. The van der Waals surface area contributed by atoms with Gasteiger partial charge in [0.25, 0.3) is 11.8 Å². The molecule has 0 aliphatic carbocycles. The van der Waals surface area contributed by atoms with Crippen LogP contribution in [0, 0.1) is 5.41 Å². The van der Waals surface area contributed by atoms with Crippen LogP contribution in [-0.4, -0.2) is 106 Å². The second-order valence-electron chi connectivity index (χ2n) is 9.75. The van der Waals surface area contributed by atoms with E-state index >= 15 is 0 Å². The maximum Gasteiger partial charge on any atom is 0.335 e. The summed E-state index contributed by atoms with van der Waals surface area (Å²) in [5.74, 6) is -3.95. The highest BCUT2D eigenvalue weighted by molar-refractivity contribution is 6.01. The molecule has 0 radical (unpaired) electrons. The molecule has 1 heterocycles. The van der Waals surface area contributed by atoms with E-state index in [1.54, 1.807) is 6.92 Å². The summed E-state index contributed by atoms with van der Waals surface area (Å²) in [6.07, 6.45) is 2.42. The van der Waals surface area contributed by atoms with Crippen LogP contribution in [0.4, 0.5) is 0 Å². The van der Waals surface area contributed by atoms with E-state index in [9.17, 15) is 28.8 Å². The fraction of sp³-hybridized carbons (Fsp3) is 0.533. The second-order valence-corrected chi connectivity index (χ2v) is 9.75. The Hall–Kier alpha value is -4.18. The minimum absolute atomic E-state index is 0.00723. The summed E-state index contributed by atoms with van der Waals surface area (Å²) in [5, 5.41) is 0.445. The third kappa shape index (κ3) is 16.5. The van der Waals surface area contributed by atoms with Crippen LogP contribution in [0.25, 0.3) is 0 Å². The topological polar surface area (TPSA) is 179 Å². The molecule has 1 aliphatic rings. The maximum atomic E-state index is 12.2. The van der Waals surface area contributed by atoms with Crippen molar-refractivity contribution in [3.63, 3.8) is 0 Å². The minimum Gasteiger partial charge on any atom is -0.462 e. The van der Waals surface area contributed by atoms with Crippen LogP contribution >= 0.6 is 0 Å². The molecular weight excluding hydrogens is 598 g/mol. The largest absolute Gasteiger partial charge is 0.462 e. The Kier molecular flexibility index (Phi) is 18.6. The lowest BCUT2D eigenvalue weighted by molar-refractivity contribution is -0.198. The molecule has 0 spiro atoms. The van der Waals surface area contributed by atoms with Crippen molar-refractivity contribution in [2.24, 2.45) is 5.41 Å². The Morgan fingerprint density at radius 2 is 1.40 bits per heavy atom. The lowest BCUT2D eigenvalue weighted by atomic mass is 9.92. The van der Waals surface area contributed by atoms with Crippen molar-refractivity contribution in [2.45, 2.75) is 38.7 Å². The Bertz CT molecular complexity index is 1070. The standard InChI is InChI=1S/C30H41NO14/c1-6-26(34)42-14-9-13-38-18-30(20-40-16-22(4)43-27(35)7-2,21-41-17-23(5)44-28(36)8-3)19-39-15-12-29(37)45-31-24(32)10-11-25(31)33/h6-8,23H,1-4,9-21H2,5H3. The predicted molar refractivity (Wildman–Crippen MR) is 154 cm³/mol. The van der Waals surface area contributed by atoms with Crippen molar-refractivity contribution in [2.75, 3.05) is 59.5 Å². The molecule has 2 amide bonds. The van der Waals surface area contributed by atoms with E-state index in [1.807, 2.05) is 0 Å². The number of hydrogen-bond acceptors (Lipinski definition) is 14. The molecule has 0 N–H and O–H groups in total. The van der Waals surface area contributed by atoms with Gasteiger partial charge in [-0.15, -0.1) is 5.06 Å². The molecule has 45 heavy (non-hydrogen) atoms. The van der Waals surface area contributed by atoms with Crippen molar-refractivity contribution in [3.05, 3.63) is 50.3 Å². The van der Waals surface area contributed by atoms with Gasteiger partial charge in [-0.25, -0.2) is 19.2 Å². The van der Waals surface area contributed by atoms with Crippen molar-refractivity contribution in [1.82, 2.24) is 5.06 Å². The van der Waals surface area contributed by atoms with Gasteiger partial charge in [0.2, 0.25) is 0 Å². The Labute approximate surface area is 261 Å². The monoisotopic (exact) mass is 639 g/mol. The van der Waals surface area contributed by atoms with Gasteiger partial charge in [-0.3, -0.25) is 9.59 Å². The zero-order chi connectivity index (χ0) is 33.7. The van der Waals surface area contributed by atoms with Gasteiger partial charge in [-0.05, 0) is 6.92 Å². The van der Waals surface area contributed by atoms with Crippen LogP contribution in [0.3, 0.4) is 0 Å². The summed E-state index contributed by atoms with van der Waals surface area (Å²) in [6.45, 7) is 14.9. The average molecular weight is 640 g/mol. The fourth-order valence-electron chi connectivity index (χ4n) is 3.50. The Morgan fingerprint density at radius 1 is 0.822 bits per heavy atom. The first-order chi connectivity index (χ1) is 21.4. The quantitative estimate of drug-likeness (QED) is 0.0350. The smallest absolute Gasteiger partial charge is 0.335 e. The van der Waals surface area contributed by atoms with Gasteiger partial charge in [-0.1, -0.05) is 26.3 Å². The molecule has 0 saturated carbocycles. The average Bonchev–Trinajstić information content (AvgIpc) is 3.32. The highest BCUT2D eigenvalue weighted by Gasteiger charge is 2.34. The number of amides is 2. The Balaban J connectivity index is 2.91. The van der Waals surface area contributed by atoms with Gasteiger partial charge in [0.15, 0.2) is 0 Å². The molecule has 0 bridgehead atoms. The van der Waals surface area contributed by atoms with E-state index in [0.717, 1.165) is 18.2 Å². The number of imide groups is 1. The SMILES string of the molecule is C=CC(=O)OCCCOCC(COCCC(=O)ON1C(=O)CCC1=O)(COCC(=C)OC(=O)C=C)COCC(C)OC(=O)C=C. The molecule has 0 aromatic rings. The first-order valence-corrected chi connectivity index (χ1v) is 14.0. The number of esters is 3. The normalized spacial score (nSPS) is 14.6. The number of carbonyl (C=O) groups excluding carboxylic acids is 6. The first kappa shape index (κ1) is 38.8. The molecule has 0 aromatic carbocycles. The van der Waals surface area contributed by atoms with E-state index in [1.165, 1.54) is 0 Å². The van der Waals surface area contributed by atoms with E-state index < -0.39 is 47.2 Å². The lowest BCUT2D eigenvalue weighted by Gasteiger charge is -2.33. The molecule has 15 heteroatoms. The van der Waals surface area contributed by atoms with Crippen LogP contribution in [0.5, 0.6) is 0 Å². The van der Waals surface area contributed by atoms with Crippen LogP contribution < -0.4 is 0 Å². The highest BCUT2D eigenvalue weighted by atomic mass is 16.7. The summed E-state index contributed by atoms with van der Waals surface area (Å²) < 4.78 is 38.2. The number of hydroxylamine groups is 2. The summed E-state index contributed by atoms with van der Waals surface area (Å²) in [5.41, 5.74) is -1.03. The van der Waals surface area contributed by atoms with Gasteiger partial charge in [-0.2, -0.15) is 0 Å². The summed E-state index contributed by atoms with van der Waals surface area (Å²) in [4.78, 5) is 74.7. The third-order valence-electron chi connectivity index (χ3n) is 5.64. The Morgan fingerprint density at radius 3 is 2.02 bits per heavy atom. The summed E-state index contributed by atoms with van der Waals surface area (Å²) >= 11 is 0. The first-order valence-electron chi connectivity index (χ1n) is 14.0. The zero-order valence-electron chi connectivity index (χ0n) is 25.5. The maximum absolute atomic E-state index is 12.2. The van der Waals surface area contributed by atoms with Gasteiger partial charge >= 0.3 is 23.9 Å². The molecule has 250 valence electrons. The molecule has 0 aromatic heterocycles. The van der Waals surface area contributed by atoms with Crippen molar-refractivity contribution >= 4 is 35.7 Å². The lowest BCUT2D eigenvalue weighted by Crippen LogP contribution is -2.43. The van der Waals surface area contributed by atoms with Gasteiger partial charge in [0, 0.05) is 44.1 Å². The molecule has 1 fully saturated rings. The van der Waals surface area contributed by atoms with Crippen molar-refractivity contribution < 1.29 is 66.8 Å². The molecule has 2 atom stereocenters. The van der Waals surface area contributed by atoms with E-state index in [4.69, 9.17) is 38.0 Å². The summed E-state index contributed by atoms with van der Waals surface area (Å²) in [6, 6.07) is 0. The zero-order valence-corrected chi connectivity index (χ0v) is 25.5. The minimum atomic E-state index is -1.03. The van der Waals surface area contributed by atoms with E-state index in [2.05, 4.69) is 26.3 Å². The van der Waals surface area contributed by atoms with Gasteiger partial charge in [0.05, 0.1) is 58.1 Å². The molecule has 2 unspecified atom stereocenters. The van der Waals surface area contributed by atoms with Crippen LogP contribution in [0.2, 0.25) is 0 Å². The molecule has 1 aliphatic heterocycles. The van der Waals surface area contributed by atoms with Crippen LogP contribution in [-0.2, 0) is 66.8 Å². The molecular formula is C30H41NO14. The number of rotatable bonds is 25. The number of hydrogen-bond donors (Lipinski definition) is 0. The fourth-order valence-corrected chi connectivity index (χ4v) is 3.50. The molecule has 1 saturated heterocycles.